The predicted octanol–water partition coefficient (Wildman–Crippen LogP) is 3.11. The van der Waals surface area contributed by atoms with Gasteiger partial charge in [0.05, 0.1) is 21.1 Å². The zero-order chi connectivity index (χ0) is 11.6. The van der Waals surface area contributed by atoms with Gasteiger partial charge in [-0.3, -0.25) is 0 Å². The Balaban J connectivity index is 0.00000225. The highest BCUT2D eigenvalue weighted by Gasteiger charge is 2.17. The molecule has 6 heteroatoms. The van der Waals surface area contributed by atoms with Gasteiger partial charge in [-0.1, -0.05) is 6.92 Å². The highest BCUT2D eigenvalue weighted by atomic mass is 79.9. The van der Waals surface area contributed by atoms with Crippen LogP contribution in [0.2, 0.25) is 0 Å². The highest BCUT2D eigenvalue weighted by Crippen LogP contribution is 2.35. The van der Waals surface area contributed by atoms with Crippen molar-refractivity contribution in [3.8, 4) is 5.75 Å². The second kappa shape index (κ2) is 6.81. The predicted molar refractivity (Wildman–Crippen MR) is 74.0 cm³/mol. The first-order chi connectivity index (χ1) is 6.97. The Labute approximate surface area is 118 Å². The largest absolute Gasteiger partial charge is 0.506 e. The van der Waals surface area contributed by atoms with Gasteiger partial charge < -0.3 is 15.9 Å². The van der Waals surface area contributed by atoms with Crippen LogP contribution in [0.4, 0.5) is 0 Å². The molecule has 0 heterocycles. The van der Waals surface area contributed by atoms with Crippen LogP contribution in [0.15, 0.2) is 21.1 Å². The van der Waals surface area contributed by atoms with Crippen LogP contribution in [0.3, 0.4) is 0 Å². The number of aliphatic hydroxyl groups is 1. The van der Waals surface area contributed by atoms with E-state index in [4.69, 9.17) is 5.73 Å². The molecule has 0 aliphatic carbocycles. The molecule has 0 saturated carbocycles. The number of aliphatic hydroxyl groups excluding tert-OH is 1. The van der Waals surface area contributed by atoms with Crippen molar-refractivity contribution in [2.75, 3.05) is 0 Å². The lowest BCUT2D eigenvalue weighted by atomic mass is 10.0. The lowest BCUT2D eigenvalue weighted by Crippen LogP contribution is -2.25. The van der Waals surface area contributed by atoms with E-state index in [2.05, 4.69) is 31.9 Å². The van der Waals surface area contributed by atoms with Gasteiger partial charge in [-0.2, -0.15) is 0 Å². The van der Waals surface area contributed by atoms with Crippen molar-refractivity contribution in [1.29, 1.82) is 0 Å². The van der Waals surface area contributed by atoms with Crippen LogP contribution in [0, 0.1) is 0 Å². The summed E-state index contributed by atoms with van der Waals surface area (Å²) >= 11 is 6.44. The number of hydrogen-bond donors (Lipinski definition) is 3. The normalized spacial score (nSPS) is 14.1. The molecule has 1 aromatic rings. The van der Waals surface area contributed by atoms with E-state index in [1.54, 1.807) is 12.1 Å². The summed E-state index contributed by atoms with van der Waals surface area (Å²) in [7, 11) is 0. The van der Waals surface area contributed by atoms with Crippen LogP contribution < -0.4 is 5.73 Å². The zero-order valence-electron chi connectivity index (χ0n) is 8.65. The molecule has 0 radical (unpaired) electrons. The Hall–Kier alpha value is 0.190. The van der Waals surface area contributed by atoms with Crippen LogP contribution in [0.1, 0.15) is 24.9 Å². The van der Waals surface area contributed by atoms with E-state index in [-0.39, 0.29) is 18.2 Å². The Morgan fingerprint density at radius 3 is 2.12 bits per heavy atom. The molecule has 0 bridgehead atoms. The third-order valence-electron chi connectivity index (χ3n) is 2.26. The van der Waals surface area contributed by atoms with Crippen molar-refractivity contribution in [1.82, 2.24) is 0 Å². The van der Waals surface area contributed by atoms with E-state index in [0.717, 1.165) is 5.56 Å². The Bertz CT molecular complexity index is 340. The van der Waals surface area contributed by atoms with Crippen molar-refractivity contribution in [2.24, 2.45) is 5.73 Å². The van der Waals surface area contributed by atoms with Crippen LogP contribution in [-0.4, -0.2) is 16.3 Å². The van der Waals surface area contributed by atoms with Crippen molar-refractivity contribution in [3.63, 3.8) is 0 Å². The van der Waals surface area contributed by atoms with Crippen molar-refractivity contribution < 1.29 is 10.2 Å². The van der Waals surface area contributed by atoms with Gasteiger partial charge >= 0.3 is 0 Å². The molecule has 4 N–H and O–H groups in total. The number of hydrogen-bond acceptors (Lipinski definition) is 3. The zero-order valence-corrected chi connectivity index (χ0v) is 12.6. The van der Waals surface area contributed by atoms with E-state index in [1.807, 2.05) is 6.92 Å². The fourth-order valence-electron chi connectivity index (χ4n) is 1.25. The monoisotopic (exact) mass is 373 g/mol. The van der Waals surface area contributed by atoms with Crippen LogP contribution in [0.5, 0.6) is 5.75 Å². The molecule has 0 aliphatic rings. The highest BCUT2D eigenvalue weighted by molar-refractivity contribution is 9.11. The number of halogens is 3. The first kappa shape index (κ1) is 16.2. The molecule has 0 unspecified atom stereocenters. The fourth-order valence-corrected chi connectivity index (χ4v) is 2.48. The van der Waals surface area contributed by atoms with Crippen molar-refractivity contribution in [3.05, 3.63) is 26.6 Å². The number of benzene rings is 1. The summed E-state index contributed by atoms with van der Waals surface area (Å²) in [6.07, 6.45) is 0.0189. The standard InChI is InChI=1S/C10H13Br2NO2.ClH/c1-2-8(14)9(13)5-3-6(11)10(15)7(12)4-5;/h3-4,8-9,14-15H,2,13H2,1H3;1H/t8-,9+;/m1./s1. The molecular formula is C10H14Br2ClNO2. The molecule has 0 aliphatic heterocycles. The van der Waals surface area contributed by atoms with Crippen molar-refractivity contribution >= 4 is 44.3 Å². The van der Waals surface area contributed by atoms with E-state index >= 15 is 0 Å². The molecule has 16 heavy (non-hydrogen) atoms. The summed E-state index contributed by atoms with van der Waals surface area (Å²) in [4.78, 5) is 0. The van der Waals surface area contributed by atoms with Gasteiger partial charge in [0.25, 0.3) is 0 Å². The molecule has 1 aromatic carbocycles. The van der Waals surface area contributed by atoms with Gasteiger partial charge in [0.15, 0.2) is 0 Å². The number of nitrogens with two attached hydrogens (primary N) is 1. The van der Waals surface area contributed by atoms with Gasteiger partial charge in [0.1, 0.15) is 5.75 Å². The lowest BCUT2D eigenvalue weighted by molar-refractivity contribution is 0.140. The molecule has 3 nitrogen and oxygen atoms in total. The fraction of sp³-hybridized carbons (Fsp3) is 0.400. The minimum absolute atomic E-state index is 0. The Morgan fingerprint density at radius 2 is 1.75 bits per heavy atom. The van der Waals surface area contributed by atoms with Gasteiger partial charge in [0.2, 0.25) is 0 Å². The molecule has 1 rings (SSSR count). The average molecular weight is 375 g/mol. The molecule has 0 aromatic heterocycles. The maximum Gasteiger partial charge on any atom is 0.143 e. The number of phenols is 1. The van der Waals surface area contributed by atoms with Gasteiger partial charge in [-0.15, -0.1) is 12.4 Å². The second-order valence-corrected chi connectivity index (χ2v) is 5.04. The molecule has 92 valence electrons. The second-order valence-electron chi connectivity index (χ2n) is 3.33. The van der Waals surface area contributed by atoms with E-state index in [9.17, 15) is 10.2 Å². The lowest BCUT2D eigenvalue weighted by Gasteiger charge is -2.18. The van der Waals surface area contributed by atoms with E-state index in [1.165, 1.54) is 0 Å². The number of rotatable bonds is 3. The first-order valence-electron chi connectivity index (χ1n) is 4.59. The Kier molecular flexibility index (Phi) is 6.89. The smallest absolute Gasteiger partial charge is 0.143 e. The maximum atomic E-state index is 9.61. The SMILES string of the molecule is CC[C@@H](O)[C@@H](N)c1cc(Br)c(O)c(Br)c1.Cl. The first-order valence-corrected chi connectivity index (χ1v) is 6.17. The topological polar surface area (TPSA) is 66.5 Å². The average Bonchev–Trinajstić information content (AvgIpc) is 2.23. The summed E-state index contributed by atoms with van der Waals surface area (Å²) in [5.74, 6) is 0.136. The third-order valence-corrected chi connectivity index (χ3v) is 3.47. The number of phenolic OH excluding ortho intramolecular Hbond substituents is 1. The van der Waals surface area contributed by atoms with Gasteiger partial charge in [-0.25, -0.2) is 0 Å². The van der Waals surface area contributed by atoms with E-state index in [0.29, 0.717) is 15.4 Å². The molecular weight excluding hydrogens is 361 g/mol. The minimum Gasteiger partial charge on any atom is -0.506 e. The summed E-state index contributed by atoms with van der Waals surface area (Å²) in [5.41, 5.74) is 6.64. The van der Waals surface area contributed by atoms with E-state index < -0.39 is 12.1 Å². The quantitative estimate of drug-likeness (QED) is 0.761. The third kappa shape index (κ3) is 3.60. The molecule has 0 fully saturated rings. The summed E-state index contributed by atoms with van der Waals surface area (Å²) < 4.78 is 1.12. The summed E-state index contributed by atoms with van der Waals surface area (Å²) in [5, 5.41) is 19.1. The van der Waals surface area contributed by atoms with Crippen LogP contribution in [-0.2, 0) is 0 Å². The summed E-state index contributed by atoms with van der Waals surface area (Å²) in [6, 6.07) is 2.98. The van der Waals surface area contributed by atoms with Gasteiger partial charge in [-0.05, 0) is 56.0 Å². The van der Waals surface area contributed by atoms with Crippen LogP contribution in [0.25, 0.3) is 0 Å². The van der Waals surface area contributed by atoms with Gasteiger partial charge in [0, 0.05) is 0 Å². The van der Waals surface area contributed by atoms with Crippen molar-refractivity contribution in [2.45, 2.75) is 25.5 Å². The Morgan fingerprint density at radius 1 is 1.31 bits per heavy atom. The molecule has 2 atom stereocenters. The molecule has 0 amide bonds. The number of aromatic hydroxyl groups is 1. The molecule has 0 spiro atoms. The maximum absolute atomic E-state index is 9.61. The minimum atomic E-state index is -0.576. The summed E-state index contributed by atoms with van der Waals surface area (Å²) in [6.45, 7) is 1.87. The molecule has 0 saturated heterocycles. The van der Waals surface area contributed by atoms with Crippen LogP contribution >= 0.6 is 44.3 Å².